The summed E-state index contributed by atoms with van der Waals surface area (Å²) >= 11 is 0. The van der Waals surface area contributed by atoms with Crippen LogP contribution in [0.1, 0.15) is 80.6 Å². The minimum Gasteiger partial charge on any atom is -0.455 e. The van der Waals surface area contributed by atoms with Crippen LogP contribution in [0.25, 0.3) is 0 Å². The van der Waals surface area contributed by atoms with Crippen molar-refractivity contribution in [1.82, 2.24) is 0 Å². The molecule has 0 aromatic rings. The highest BCUT2D eigenvalue weighted by Crippen LogP contribution is 2.64. The average Bonchev–Trinajstić information content (AvgIpc) is 2.68. The van der Waals surface area contributed by atoms with Gasteiger partial charge in [-0.05, 0) is 79.6 Å². The molecular formula is C26H42F2O6. The van der Waals surface area contributed by atoms with Gasteiger partial charge in [0.1, 0.15) is 5.60 Å². The Labute approximate surface area is 202 Å². The number of rotatable bonds is 6. The summed E-state index contributed by atoms with van der Waals surface area (Å²) < 4.78 is 58.3. The average molecular weight is 489 g/mol. The Morgan fingerprint density at radius 1 is 0.853 bits per heavy atom. The van der Waals surface area contributed by atoms with E-state index in [4.69, 9.17) is 23.7 Å². The van der Waals surface area contributed by atoms with Gasteiger partial charge in [-0.3, -0.25) is 0 Å². The highest BCUT2D eigenvalue weighted by Gasteiger charge is 2.67. The van der Waals surface area contributed by atoms with Crippen molar-refractivity contribution in [2.45, 2.75) is 109 Å². The van der Waals surface area contributed by atoms with Gasteiger partial charge in [0.2, 0.25) is 0 Å². The lowest BCUT2D eigenvalue weighted by molar-refractivity contribution is -0.400. The molecule has 2 atom stereocenters. The zero-order chi connectivity index (χ0) is 25.2. The van der Waals surface area contributed by atoms with E-state index in [9.17, 15) is 13.6 Å². The largest absolute Gasteiger partial charge is 0.455 e. The topological polar surface area (TPSA) is 63.2 Å². The van der Waals surface area contributed by atoms with Crippen molar-refractivity contribution in [3.05, 3.63) is 0 Å². The third-order valence-electron chi connectivity index (χ3n) is 7.77. The molecule has 1 saturated heterocycles. The summed E-state index contributed by atoms with van der Waals surface area (Å²) in [6, 6.07) is 0. The maximum Gasteiger partial charge on any atom is 0.377 e. The van der Waals surface area contributed by atoms with Gasteiger partial charge in [0.25, 0.3) is 0 Å². The summed E-state index contributed by atoms with van der Waals surface area (Å²) in [4.78, 5) is 12.0. The van der Waals surface area contributed by atoms with Crippen molar-refractivity contribution in [2.24, 2.45) is 23.2 Å². The van der Waals surface area contributed by atoms with Gasteiger partial charge in [0, 0.05) is 18.8 Å². The van der Waals surface area contributed by atoms with E-state index in [1.807, 2.05) is 41.5 Å². The quantitative estimate of drug-likeness (QED) is 0.484. The third-order valence-corrected chi connectivity index (χ3v) is 7.77. The normalized spacial score (nSPS) is 34.4. The standard InChI is InChI=1S/C26H42F2O6/c1-21(2,3)30-13-24(14-31-22(4,5)6)15-32-26(33-16-24)18-8-17-9-19(26)12-25(10-17,11-18)34-20(29)23(7,27)28/h17-19H,8-16H2,1-7H3. The molecule has 1 aliphatic heterocycles. The smallest absolute Gasteiger partial charge is 0.377 e. The van der Waals surface area contributed by atoms with Crippen molar-refractivity contribution < 1.29 is 37.3 Å². The Kier molecular flexibility index (Phi) is 6.45. The molecule has 5 aliphatic rings. The second-order valence-electron chi connectivity index (χ2n) is 13.4. The monoisotopic (exact) mass is 488 g/mol. The first-order valence-corrected chi connectivity index (χ1v) is 12.6. The Morgan fingerprint density at radius 3 is 1.74 bits per heavy atom. The van der Waals surface area contributed by atoms with Gasteiger partial charge in [0.05, 0.1) is 43.0 Å². The molecule has 0 aromatic carbocycles. The molecule has 0 N–H and O–H groups in total. The molecule has 4 aliphatic carbocycles. The molecule has 1 heterocycles. The van der Waals surface area contributed by atoms with Crippen LogP contribution in [-0.4, -0.2) is 60.9 Å². The molecule has 1 spiro atoms. The zero-order valence-corrected chi connectivity index (χ0v) is 21.8. The number of carbonyl (C=O) groups is 1. The number of hydrogen-bond acceptors (Lipinski definition) is 6. The molecule has 34 heavy (non-hydrogen) atoms. The molecular weight excluding hydrogens is 446 g/mol. The van der Waals surface area contributed by atoms with Gasteiger partial charge < -0.3 is 23.7 Å². The number of hydrogen-bond donors (Lipinski definition) is 0. The van der Waals surface area contributed by atoms with Crippen molar-refractivity contribution >= 4 is 5.97 Å². The summed E-state index contributed by atoms with van der Waals surface area (Å²) in [5, 5.41) is 0. The lowest BCUT2D eigenvalue weighted by Crippen LogP contribution is -2.69. The van der Waals surface area contributed by atoms with E-state index in [-0.39, 0.29) is 23.0 Å². The molecule has 4 saturated carbocycles. The van der Waals surface area contributed by atoms with Crippen LogP contribution < -0.4 is 0 Å². The predicted molar refractivity (Wildman–Crippen MR) is 121 cm³/mol. The predicted octanol–water partition coefficient (Wildman–Crippen LogP) is 5.12. The fraction of sp³-hybridized carbons (Fsp3) is 0.962. The van der Waals surface area contributed by atoms with Crippen LogP contribution in [0.4, 0.5) is 8.78 Å². The van der Waals surface area contributed by atoms with Gasteiger partial charge in [-0.1, -0.05) is 0 Å². The molecule has 0 aromatic heterocycles. The van der Waals surface area contributed by atoms with Crippen LogP contribution in [-0.2, 0) is 28.5 Å². The second-order valence-corrected chi connectivity index (χ2v) is 13.4. The molecule has 5 fully saturated rings. The van der Waals surface area contributed by atoms with Gasteiger partial charge in [-0.15, -0.1) is 0 Å². The van der Waals surface area contributed by atoms with E-state index >= 15 is 0 Å². The molecule has 0 radical (unpaired) electrons. The number of carbonyl (C=O) groups excluding carboxylic acids is 1. The summed E-state index contributed by atoms with van der Waals surface area (Å²) in [7, 11) is 0. The second kappa shape index (κ2) is 8.35. The van der Waals surface area contributed by atoms with Crippen molar-refractivity contribution in [3.8, 4) is 0 Å². The van der Waals surface area contributed by atoms with E-state index in [1.54, 1.807) is 0 Å². The lowest BCUT2D eigenvalue weighted by Gasteiger charge is -2.65. The SMILES string of the molecule is CC(C)(C)OCC1(COC(C)(C)C)COC2(OC1)C1CC3CC2CC(OC(=O)C(C)(F)F)(C3)C1. The van der Waals surface area contributed by atoms with Crippen LogP contribution in [0, 0.1) is 23.2 Å². The van der Waals surface area contributed by atoms with Crippen molar-refractivity contribution in [1.29, 1.82) is 0 Å². The zero-order valence-electron chi connectivity index (χ0n) is 21.8. The van der Waals surface area contributed by atoms with Crippen LogP contribution in [0.3, 0.4) is 0 Å². The van der Waals surface area contributed by atoms with Gasteiger partial charge in [0.15, 0.2) is 5.79 Å². The Hall–Kier alpha value is -0.830. The molecule has 196 valence electrons. The highest BCUT2D eigenvalue weighted by atomic mass is 19.3. The van der Waals surface area contributed by atoms with E-state index in [1.165, 1.54) is 0 Å². The molecule has 2 unspecified atom stereocenters. The maximum atomic E-state index is 13.6. The van der Waals surface area contributed by atoms with Crippen molar-refractivity contribution in [3.63, 3.8) is 0 Å². The minimum absolute atomic E-state index is 0.0158. The van der Waals surface area contributed by atoms with Crippen LogP contribution in [0.15, 0.2) is 0 Å². The number of ether oxygens (including phenoxy) is 5. The first kappa shape index (κ1) is 26.2. The number of halogens is 2. The molecule has 4 bridgehead atoms. The van der Waals surface area contributed by atoms with E-state index < -0.39 is 28.7 Å². The fourth-order valence-electron chi connectivity index (χ4n) is 6.30. The fourth-order valence-corrected chi connectivity index (χ4v) is 6.30. The Morgan fingerprint density at radius 2 is 1.32 bits per heavy atom. The van der Waals surface area contributed by atoms with Crippen LogP contribution in [0.2, 0.25) is 0 Å². The number of alkyl halides is 2. The van der Waals surface area contributed by atoms with Crippen LogP contribution in [0.5, 0.6) is 0 Å². The lowest BCUT2D eigenvalue weighted by atomic mass is 9.51. The van der Waals surface area contributed by atoms with Crippen molar-refractivity contribution in [2.75, 3.05) is 26.4 Å². The Balaban J connectivity index is 1.49. The summed E-state index contributed by atoms with van der Waals surface area (Å²) in [5.41, 5.74) is -1.87. The maximum absolute atomic E-state index is 13.6. The summed E-state index contributed by atoms with van der Waals surface area (Å²) in [5.74, 6) is -5.29. The summed E-state index contributed by atoms with van der Waals surface area (Å²) in [6.07, 6.45) is 3.48. The van der Waals surface area contributed by atoms with Crippen LogP contribution >= 0.6 is 0 Å². The summed E-state index contributed by atoms with van der Waals surface area (Å²) in [6.45, 7) is 14.5. The molecule has 0 amide bonds. The van der Waals surface area contributed by atoms with E-state index in [0.717, 1.165) is 12.8 Å². The first-order valence-electron chi connectivity index (χ1n) is 12.6. The van der Waals surface area contributed by atoms with Gasteiger partial charge in [-0.2, -0.15) is 8.78 Å². The van der Waals surface area contributed by atoms with Gasteiger partial charge >= 0.3 is 11.9 Å². The molecule has 6 nitrogen and oxygen atoms in total. The van der Waals surface area contributed by atoms with Gasteiger partial charge in [-0.25, -0.2) is 4.79 Å². The van der Waals surface area contributed by atoms with E-state index in [0.29, 0.717) is 58.5 Å². The highest BCUT2D eigenvalue weighted by molar-refractivity contribution is 5.77. The number of esters is 1. The third kappa shape index (κ3) is 5.30. The first-order chi connectivity index (χ1) is 15.5. The molecule has 8 heteroatoms. The molecule has 5 rings (SSSR count). The minimum atomic E-state index is -3.49. The Bertz CT molecular complexity index is 732. The van der Waals surface area contributed by atoms with E-state index in [2.05, 4.69) is 0 Å².